The van der Waals surface area contributed by atoms with E-state index in [1.165, 1.54) is 0 Å². The van der Waals surface area contributed by atoms with Crippen molar-refractivity contribution in [2.75, 3.05) is 7.11 Å². The highest BCUT2D eigenvalue weighted by atomic mass is 16.5. The van der Waals surface area contributed by atoms with Crippen molar-refractivity contribution in [1.29, 1.82) is 0 Å². The minimum Gasteiger partial charge on any atom is -0.497 e. The maximum atomic E-state index is 11.0. The van der Waals surface area contributed by atoms with E-state index in [0.29, 0.717) is 18.7 Å². The van der Waals surface area contributed by atoms with Gasteiger partial charge in [0.1, 0.15) is 17.4 Å². The average Bonchev–Trinajstić information content (AvgIpc) is 2.45. The number of rotatable bonds is 5. The summed E-state index contributed by atoms with van der Waals surface area (Å²) < 4.78 is 5.20. The van der Waals surface area contributed by atoms with Crippen molar-refractivity contribution in [3.05, 3.63) is 42.4 Å². The van der Waals surface area contributed by atoms with E-state index in [1.807, 2.05) is 30.3 Å². The summed E-state index contributed by atoms with van der Waals surface area (Å²) in [4.78, 5) is 19.6. The number of carbonyl (C=O) groups excluding carboxylic acids is 1. The molecule has 0 bridgehead atoms. The second kappa shape index (κ2) is 6.09. The average molecular weight is 256 g/mol. The van der Waals surface area contributed by atoms with E-state index in [9.17, 15) is 4.79 Å². The molecule has 19 heavy (non-hydrogen) atoms. The van der Waals surface area contributed by atoms with Gasteiger partial charge in [-0.05, 0) is 25.1 Å². The number of carbonyl (C=O) groups is 1. The summed E-state index contributed by atoms with van der Waals surface area (Å²) >= 11 is 0. The third kappa shape index (κ3) is 3.61. The normalized spacial score (nSPS) is 10.2. The van der Waals surface area contributed by atoms with Crippen molar-refractivity contribution in [3.63, 3.8) is 0 Å². The summed E-state index contributed by atoms with van der Waals surface area (Å²) in [6, 6.07) is 9.57. The van der Waals surface area contributed by atoms with Crippen molar-refractivity contribution in [3.8, 4) is 17.0 Å². The van der Waals surface area contributed by atoms with Crippen molar-refractivity contribution in [1.82, 2.24) is 9.97 Å². The summed E-state index contributed by atoms with van der Waals surface area (Å²) in [6.45, 7) is 1.58. The molecular weight excluding hydrogens is 240 g/mol. The van der Waals surface area contributed by atoms with Gasteiger partial charge in [-0.25, -0.2) is 9.97 Å². The van der Waals surface area contributed by atoms with Gasteiger partial charge in [-0.3, -0.25) is 0 Å². The van der Waals surface area contributed by atoms with Gasteiger partial charge in [-0.2, -0.15) is 0 Å². The molecule has 1 heterocycles. The Hall–Kier alpha value is -2.23. The first kappa shape index (κ1) is 13.2. The molecule has 0 amide bonds. The monoisotopic (exact) mass is 256 g/mol. The van der Waals surface area contributed by atoms with Gasteiger partial charge in [0.2, 0.25) is 0 Å². The molecule has 0 atom stereocenters. The largest absolute Gasteiger partial charge is 0.497 e. The van der Waals surface area contributed by atoms with E-state index >= 15 is 0 Å². The molecule has 2 rings (SSSR count). The quantitative estimate of drug-likeness (QED) is 0.825. The predicted molar refractivity (Wildman–Crippen MR) is 73.0 cm³/mol. The van der Waals surface area contributed by atoms with Gasteiger partial charge in [0.15, 0.2) is 0 Å². The van der Waals surface area contributed by atoms with Crippen LogP contribution in [0.1, 0.15) is 19.2 Å². The third-order valence-corrected chi connectivity index (χ3v) is 2.77. The number of aryl methyl sites for hydroxylation is 1. The maximum Gasteiger partial charge on any atom is 0.130 e. The van der Waals surface area contributed by atoms with Crippen LogP contribution < -0.4 is 4.74 Å². The molecule has 1 aromatic carbocycles. The summed E-state index contributed by atoms with van der Waals surface area (Å²) in [6.07, 6.45) is 2.77. The fourth-order valence-corrected chi connectivity index (χ4v) is 1.75. The Bertz CT molecular complexity index is 582. The van der Waals surface area contributed by atoms with Crippen LogP contribution >= 0.6 is 0 Å². The van der Waals surface area contributed by atoms with Crippen LogP contribution in [0.4, 0.5) is 0 Å². The topological polar surface area (TPSA) is 52.1 Å². The Morgan fingerprint density at radius 3 is 2.89 bits per heavy atom. The molecular formula is C15H16N2O2. The molecule has 2 aromatic rings. The molecule has 4 heteroatoms. The molecule has 0 saturated carbocycles. The van der Waals surface area contributed by atoms with Crippen LogP contribution in [0.3, 0.4) is 0 Å². The number of aromatic nitrogens is 2. The molecule has 98 valence electrons. The van der Waals surface area contributed by atoms with Gasteiger partial charge in [0.05, 0.1) is 12.8 Å². The molecule has 0 N–H and O–H groups in total. The van der Waals surface area contributed by atoms with Crippen molar-refractivity contribution < 1.29 is 9.53 Å². The lowest BCUT2D eigenvalue weighted by molar-refractivity contribution is -0.117. The first-order valence-corrected chi connectivity index (χ1v) is 6.15. The van der Waals surface area contributed by atoms with E-state index in [1.54, 1.807) is 20.2 Å². The lowest BCUT2D eigenvalue weighted by Gasteiger charge is -2.05. The van der Waals surface area contributed by atoms with Gasteiger partial charge in [0.25, 0.3) is 0 Å². The lowest BCUT2D eigenvalue weighted by Crippen LogP contribution is -2.00. The lowest BCUT2D eigenvalue weighted by atomic mass is 10.1. The van der Waals surface area contributed by atoms with Crippen LogP contribution in [-0.2, 0) is 11.2 Å². The number of nitrogens with zero attached hydrogens (tertiary/aromatic N) is 2. The standard InChI is InChI=1S/C15H16N2O2/c1-11(18)6-7-15-16-9-8-14(17-15)12-4-3-5-13(10-12)19-2/h3-5,8-10H,6-7H2,1-2H3. The Balaban J connectivity index is 2.24. The number of hydrogen-bond donors (Lipinski definition) is 0. The SMILES string of the molecule is COc1cccc(-c2ccnc(CCC(C)=O)n2)c1. The van der Waals surface area contributed by atoms with Gasteiger partial charge >= 0.3 is 0 Å². The first-order chi connectivity index (χ1) is 9.19. The second-order valence-corrected chi connectivity index (χ2v) is 4.29. The van der Waals surface area contributed by atoms with Gasteiger partial charge in [-0.1, -0.05) is 12.1 Å². The van der Waals surface area contributed by atoms with Crippen molar-refractivity contribution in [2.45, 2.75) is 19.8 Å². The molecule has 0 aliphatic carbocycles. The molecule has 0 unspecified atom stereocenters. The van der Waals surface area contributed by atoms with Crippen LogP contribution in [0.2, 0.25) is 0 Å². The zero-order valence-corrected chi connectivity index (χ0v) is 11.1. The second-order valence-electron chi connectivity index (χ2n) is 4.29. The third-order valence-electron chi connectivity index (χ3n) is 2.77. The molecule has 4 nitrogen and oxygen atoms in total. The smallest absolute Gasteiger partial charge is 0.130 e. The van der Waals surface area contributed by atoms with Crippen LogP contribution in [0, 0.1) is 0 Å². The summed E-state index contributed by atoms with van der Waals surface area (Å²) in [7, 11) is 1.64. The van der Waals surface area contributed by atoms with E-state index in [2.05, 4.69) is 9.97 Å². The Kier molecular flexibility index (Phi) is 4.23. The zero-order valence-electron chi connectivity index (χ0n) is 11.1. The van der Waals surface area contributed by atoms with E-state index < -0.39 is 0 Å². The molecule has 0 fully saturated rings. The summed E-state index contributed by atoms with van der Waals surface area (Å²) in [5.41, 5.74) is 1.82. The molecule has 0 radical (unpaired) electrons. The predicted octanol–water partition coefficient (Wildman–Crippen LogP) is 2.67. The fraction of sp³-hybridized carbons (Fsp3) is 0.267. The van der Waals surface area contributed by atoms with Crippen molar-refractivity contribution >= 4 is 5.78 Å². The summed E-state index contributed by atoms with van der Waals surface area (Å²) in [5.74, 6) is 1.63. The van der Waals surface area contributed by atoms with E-state index in [0.717, 1.165) is 17.0 Å². The van der Waals surface area contributed by atoms with Gasteiger partial charge in [-0.15, -0.1) is 0 Å². The Morgan fingerprint density at radius 1 is 1.32 bits per heavy atom. The van der Waals surface area contributed by atoms with E-state index in [4.69, 9.17) is 4.74 Å². The highest BCUT2D eigenvalue weighted by molar-refractivity contribution is 5.75. The molecule has 0 spiro atoms. The number of benzene rings is 1. The molecule has 1 aromatic heterocycles. The Labute approximate surface area is 112 Å². The highest BCUT2D eigenvalue weighted by Crippen LogP contribution is 2.21. The number of ketones is 1. The molecule has 0 aliphatic rings. The number of methoxy groups -OCH3 is 1. The zero-order chi connectivity index (χ0) is 13.7. The number of Topliss-reactive ketones (excluding diaryl/α,β-unsaturated/α-hetero) is 1. The maximum absolute atomic E-state index is 11.0. The van der Waals surface area contributed by atoms with Crippen molar-refractivity contribution in [2.24, 2.45) is 0 Å². The minimum absolute atomic E-state index is 0.149. The number of hydrogen-bond acceptors (Lipinski definition) is 4. The van der Waals surface area contributed by atoms with E-state index in [-0.39, 0.29) is 5.78 Å². The van der Waals surface area contributed by atoms with Crippen LogP contribution in [0.15, 0.2) is 36.5 Å². The molecule has 0 aliphatic heterocycles. The van der Waals surface area contributed by atoms with Crippen LogP contribution in [-0.4, -0.2) is 22.9 Å². The Morgan fingerprint density at radius 2 is 2.16 bits per heavy atom. The first-order valence-electron chi connectivity index (χ1n) is 6.15. The molecule has 0 saturated heterocycles. The minimum atomic E-state index is 0.149. The summed E-state index contributed by atoms with van der Waals surface area (Å²) in [5, 5.41) is 0. The van der Waals surface area contributed by atoms with Crippen LogP contribution in [0.5, 0.6) is 5.75 Å². The fourth-order valence-electron chi connectivity index (χ4n) is 1.75. The number of ether oxygens (including phenoxy) is 1. The highest BCUT2D eigenvalue weighted by Gasteiger charge is 2.04. The van der Waals surface area contributed by atoms with Gasteiger partial charge in [0, 0.05) is 24.6 Å². The van der Waals surface area contributed by atoms with Crippen LogP contribution in [0.25, 0.3) is 11.3 Å². The van der Waals surface area contributed by atoms with Gasteiger partial charge < -0.3 is 9.53 Å².